The molecule has 1 N–H and O–H groups in total. The van der Waals surface area contributed by atoms with Gasteiger partial charge in [0.25, 0.3) is 0 Å². The molecule has 0 radical (unpaired) electrons. The minimum atomic E-state index is -4.77. The first kappa shape index (κ1) is 19.7. The number of amides is 2. The predicted molar refractivity (Wildman–Crippen MR) is 101 cm³/mol. The highest BCUT2D eigenvalue weighted by atomic mass is 32.1. The van der Waals surface area contributed by atoms with E-state index in [0.29, 0.717) is 5.69 Å². The lowest BCUT2D eigenvalue weighted by molar-refractivity contribution is -0.274. The number of benzene rings is 2. The summed E-state index contributed by atoms with van der Waals surface area (Å²) in [6.07, 6.45) is -3.05. The molecule has 0 bridgehead atoms. The van der Waals surface area contributed by atoms with Crippen LogP contribution in [-0.4, -0.2) is 24.4 Å². The molecule has 5 nitrogen and oxygen atoms in total. The smallest absolute Gasteiger partial charge is 0.406 e. The van der Waals surface area contributed by atoms with Gasteiger partial charge in [0.05, 0.1) is 6.54 Å². The van der Waals surface area contributed by atoms with Crippen molar-refractivity contribution < 1.29 is 22.7 Å². The number of urea groups is 1. The fourth-order valence-electron chi connectivity index (χ4n) is 2.59. The average Bonchev–Trinajstić information content (AvgIpc) is 3.20. The molecule has 0 aliphatic carbocycles. The predicted octanol–water partition coefficient (Wildman–Crippen LogP) is 5.05. The van der Waals surface area contributed by atoms with E-state index in [2.05, 4.69) is 15.0 Å². The van der Waals surface area contributed by atoms with Crippen LogP contribution in [-0.2, 0) is 6.54 Å². The van der Waals surface area contributed by atoms with Gasteiger partial charge >= 0.3 is 12.4 Å². The molecule has 1 aromatic heterocycles. The molecule has 146 valence electrons. The second-order valence-electron chi connectivity index (χ2n) is 5.72. The van der Waals surface area contributed by atoms with Gasteiger partial charge in [-0.2, -0.15) is 0 Å². The van der Waals surface area contributed by atoms with E-state index in [9.17, 15) is 18.0 Å². The van der Waals surface area contributed by atoms with E-state index in [1.807, 2.05) is 29.6 Å². The Hall–Kier alpha value is -3.07. The van der Waals surface area contributed by atoms with Crippen LogP contribution >= 0.6 is 11.3 Å². The highest BCUT2D eigenvalue weighted by Crippen LogP contribution is 2.27. The monoisotopic (exact) mass is 407 g/mol. The van der Waals surface area contributed by atoms with Crippen molar-refractivity contribution >= 4 is 23.1 Å². The molecule has 0 saturated carbocycles. The fourth-order valence-corrected chi connectivity index (χ4v) is 3.23. The van der Waals surface area contributed by atoms with Gasteiger partial charge in [0, 0.05) is 29.9 Å². The summed E-state index contributed by atoms with van der Waals surface area (Å²) in [5, 5.41) is 5.29. The van der Waals surface area contributed by atoms with Crippen LogP contribution in [0, 0.1) is 0 Å². The standard InChI is InChI=1S/C19H16F3N3O2S/c1-23-18(26)25(15-5-7-16(8-6-15)27-19(20,21)22)12-13-3-2-4-14(11-13)17-24-9-10-28-17/h2-11H,12H2,1H3,(H,23,26). The number of anilines is 1. The van der Waals surface area contributed by atoms with Gasteiger partial charge in [0.1, 0.15) is 10.8 Å². The second-order valence-corrected chi connectivity index (χ2v) is 6.62. The van der Waals surface area contributed by atoms with Crippen LogP contribution < -0.4 is 15.0 Å². The molecule has 0 fully saturated rings. The summed E-state index contributed by atoms with van der Waals surface area (Å²) in [6.45, 7) is 0.234. The van der Waals surface area contributed by atoms with E-state index in [0.717, 1.165) is 16.1 Å². The lowest BCUT2D eigenvalue weighted by Crippen LogP contribution is -2.37. The lowest BCUT2D eigenvalue weighted by Gasteiger charge is -2.23. The molecule has 0 aliphatic heterocycles. The quantitative estimate of drug-likeness (QED) is 0.644. The number of hydrogen-bond acceptors (Lipinski definition) is 4. The molecular formula is C19H16F3N3O2S. The van der Waals surface area contributed by atoms with Crippen molar-refractivity contribution in [3.05, 3.63) is 65.7 Å². The number of carbonyl (C=O) groups excluding carboxylic acids is 1. The zero-order chi connectivity index (χ0) is 20.1. The zero-order valence-corrected chi connectivity index (χ0v) is 15.6. The van der Waals surface area contributed by atoms with Crippen molar-refractivity contribution in [3.63, 3.8) is 0 Å². The Bertz CT molecular complexity index is 928. The first-order valence-electron chi connectivity index (χ1n) is 8.19. The van der Waals surface area contributed by atoms with Gasteiger partial charge in [-0.15, -0.1) is 24.5 Å². The minimum absolute atomic E-state index is 0.234. The average molecular weight is 407 g/mol. The largest absolute Gasteiger partial charge is 0.573 e. The Morgan fingerprint density at radius 2 is 1.96 bits per heavy atom. The molecule has 2 amide bonds. The van der Waals surface area contributed by atoms with Gasteiger partial charge in [-0.05, 0) is 35.9 Å². The lowest BCUT2D eigenvalue weighted by atomic mass is 10.1. The number of halogens is 3. The number of rotatable bonds is 5. The van der Waals surface area contributed by atoms with Crippen LogP contribution in [0.15, 0.2) is 60.1 Å². The van der Waals surface area contributed by atoms with Gasteiger partial charge in [-0.25, -0.2) is 9.78 Å². The van der Waals surface area contributed by atoms with Crippen LogP contribution in [0.5, 0.6) is 5.75 Å². The summed E-state index contributed by atoms with van der Waals surface area (Å²) < 4.78 is 40.8. The number of ether oxygens (including phenoxy) is 1. The molecule has 0 aliphatic rings. The SMILES string of the molecule is CNC(=O)N(Cc1cccc(-c2nccs2)c1)c1ccc(OC(F)(F)F)cc1. The van der Waals surface area contributed by atoms with Gasteiger partial charge in [-0.3, -0.25) is 4.90 Å². The molecule has 9 heteroatoms. The van der Waals surface area contributed by atoms with Crippen molar-refractivity contribution in [2.24, 2.45) is 0 Å². The minimum Gasteiger partial charge on any atom is -0.406 e. The van der Waals surface area contributed by atoms with Crippen LogP contribution in [0.25, 0.3) is 10.6 Å². The Labute approximate surface area is 163 Å². The maximum Gasteiger partial charge on any atom is 0.573 e. The highest BCUT2D eigenvalue weighted by molar-refractivity contribution is 7.13. The third-order valence-electron chi connectivity index (χ3n) is 3.79. The summed E-state index contributed by atoms with van der Waals surface area (Å²) in [7, 11) is 1.49. The maximum absolute atomic E-state index is 12.3. The summed E-state index contributed by atoms with van der Waals surface area (Å²) in [6, 6.07) is 12.4. The van der Waals surface area contributed by atoms with E-state index >= 15 is 0 Å². The van der Waals surface area contributed by atoms with Crippen LogP contribution in [0.3, 0.4) is 0 Å². The fraction of sp³-hybridized carbons (Fsp3) is 0.158. The molecule has 0 saturated heterocycles. The molecule has 0 atom stereocenters. The molecular weight excluding hydrogens is 391 g/mol. The highest BCUT2D eigenvalue weighted by Gasteiger charge is 2.31. The molecule has 0 unspecified atom stereocenters. The van der Waals surface area contributed by atoms with Crippen molar-refractivity contribution in [1.29, 1.82) is 0 Å². The first-order chi connectivity index (χ1) is 13.4. The number of nitrogens with one attached hydrogen (secondary N) is 1. The normalized spacial score (nSPS) is 11.1. The van der Waals surface area contributed by atoms with Crippen molar-refractivity contribution in [3.8, 4) is 16.3 Å². The Morgan fingerprint density at radius 3 is 2.57 bits per heavy atom. The number of nitrogens with zero attached hydrogens (tertiary/aromatic N) is 2. The molecule has 3 aromatic rings. The topological polar surface area (TPSA) is 54.5 Å². The van der Waals surface area contributed by atoms with E-state index in [1.165, 1.54) is 47.5 Å². The molecule has 3 rings (SSSR count). The van der Waals surface area contributed by atoms with Gasteiger partial charge in [0.15, 0.2) is 0 Å². The van der Waals surface area contributed by atoms with Gasteiger partial charge in [0.2, 0.25) is 0 Å². The molecule has 28 heavy (non-hydrogen) atoms. The summed E-state index contributed by atoms with van der Waals surface area (Å²) >= 11 is 1.51. The number of hydrogen-bond donors (Lipinski definition) is 1. The molecule has 1 heterocycles. The van der Waals surface area contributed by atoms with E-state index in [1.54, 1.807) is 6.20 Å². The summed E-state index contributed by atoms with van der Waals surface area (Å²) in [5.41, 5.74) is 2.22. The van der Waals surface area contributed by atoms with E-state index in [4.69, 9.17) is 0 Å². The second kappa shape index (κ2) is 8.30. The van der Waals surface area contributed by atoms with Crippen molar-refractivity contribution in [2.75, 3.05) is 11.9 Å². The number of alkyl halides is 3. The van der Waals surface area contributed by atoms with Gasteiger partial charge in [-0.1, -0.05) is 18.2 Å². The first-order valence-corrected chi connectivity index (χ1v) is 9.07. The number of thiazole rings is 1. The Kier molecular flexibility index (Phi) is 5.84. The van der Waals surface area contributed by atoms with Gasteiger partial charge < -0.3 is 10.1 Å². The zero-order valence-electron chi connectivity index (χ0n) is 14.7. The third kappa shape index (κ3) is 5.01. The van der Waals surface area contributed by atoms with Crippen LogP contribution in [0.4, 0.5) is 23.7 Å². The maximum atomic E-state index is 12.3. The Balaban J connectivity index is 1.83. The van der Waals surface area contributed by atoms with E-state index in [-0.39, 0.29) is 18.3 Å². The summed E-state index contributed by atoms with van der Waals surface area (Å²) in [4.78, 5) is 18.0. The van der Waals surface area contributed by atoms with Crippen LogP contribution in [0.2, 0.25) is 0 Å². The third-order valence-corrected chi connectivity index (χ3v) is 4.61. The van der Waals surface area contributed by atoms with Crippen molar-refractivity contribution in [1.82, 2.24) is 10.3 Å². The Morgan fingerprint density at radius 1 is 1.21 bits per heavy atom. The molecule has 2 aromatic carbocycles. The van der Waals surface area contributed by atoms with Crippen molar-refractivity contribution in [2.45, 2.75) is 12.9 Å². The number of aromatic nitrogens is 1. The van der Waals surface area contributed by atoms with Crippen LogP contribution in [0.1, 0.15) is 5.56 Å². The number of carbonyl (C=O) groups is 1. The molecule has 0 spiro atoms. The summed E-state index contributed by atoms with van der Waals surface area (Å²) in [5.74, 6) is -0.348. The van der Waals surface area contributed by atoms with E-state index < -0.39 is 6.36 Å².